The number of nitrogens with zero attached hydrogens (tertiary/aromatic N) is 3. The van der Waals surface area contributed by atoms with Crippen LogP contribution < -0.4 is 10.6 Å². The number of nitrogens with one attached hydrogen (secondary N) is 2. The number of hydrogen-bond acceptors (Lipinski definition) is 3. The third-order valence-corrected chi connectivity index (χ3v) is 4.76. The molecule has 1 aromatic rings. The number of benzene rings is 1. The molecule has 1 saturated carbocycles. The fourth-order valence-corrected chi connectivity index (χ4v) is 3.11. The first-order valence-corrected chi connectivity index (χ1v) is 10.1. The summed E-state index contributed by atoms with van der Waals surface area (Å²) in [6.07, 6.45) is 3.53. The molecule has 0 saturated heterocycles. The maximum atomic E-state index is 12.1. The average molecular weight is 374 g/mol. The molecular formula is C21H35N5O. The van der Waals surface area contributed by atoms with Crippen molar-refractivity contribution in [3.05, 3.63) is 35.4 Å². The molecule has 2 N–H and O–H groups in total. The molecule has 1 amide bonds. The molecule has 0 atom stereocenters. The average Bonchev–Trinajstić information content (AvgIpc) is 3.50. The van der Waals surface area contributed by atoms with Gasteiger partial charge in [-0.2, -0.15) is 0 Å². The highest BCUT2D eigenvalue weighted by Gasteiger charge is 2.27. The normalized spacial score (nSPS) is 14.3. The lowest BCUT2D eigenvalue weighted by atomic mass is 10.1. The van der Waals surface area contributed by atoms with Gasteiger partial charge in [0.05, 0.1) is 6.54 Å². The Bertz CT molecular complexity index is 625. The van der Waals surface area contributed by atoms with E-state index < -0.39 is 0 Å². The van der Waals surface area contributed by atoms with Crippen molar-refractivity contribution in [1.29, 1.82) is 0 Å². The van der Waals surface area contributed by atoms with Crippen LogP contribution in [0.3, 0.4) is 0 Å². The van der Waals surface area contributed by atoms with E-state index in [9.17, 15) is 4.79 Å². The van der Waals surface area contributed by atoms with Crippen molar-refractivity contribution < 1.29 is 4.79 Å². The highest BCUT2D eigenvalue weighted by molar-refractivity contribution is 5.94. The summed E-state index contributed by atoms with van der Waals surface area (Å²) in [4.78, 5) is 20.9. The minimum Gasteiger partial charge on any atom is -0.357 e. The summed E-state index contributed by atoms with van der Waals surface area (Å²) in [5.74, 6) is 0.903. The molecule has 27 heavy (non-hydrogen) atoms. The van der Waals surface area contributed by atoms with Crippen LogP contribution in [-0.2, 0) is 6.42 Å². The van der Waals surface area contributed by atoms with Crippen LogP contribution in [0.15, 0.2) is 29.3 Å². The molecule has 2 rings (SSSR count). The third-order valence-electron chi connectivity index (χ3n) is 4.76. The second kappa shape index (κ2) is 10.9. The number of rotatable bonds is 10. The summed E-state index contributed by atoms with van der Waals surface area (Å²) in [5, 5.41) is 6.71. The Kier molecular flexibility index (Phi) is 8.58. The van der Waals surface area contributed by atoms with E-state index in [0.717, 1.165) is 62.3 Å². The number of likely N-dealkylation sites (N-methyl/N-ethyl adjacent to an activating group) is 1. The molecule has 0 heterocycles. The molecule has 0 spiro atoms. The fraction of sp³-hybridized carbons (Fsp3) is 0.619. The van der Waals surface area contributed by atoms with Crippen molar-refractivity contribution >= 4 is 11.9 Å². The predicted octanol–water partition coefficient (Wildman–Crippen LogP) is 1.97. The van der Waals surface area contributed by atoms with Gasteiger partial charge in [-0.1, -0.05) is 19.1 Å². The zero-order valence-electron chi connectivity index (χ0n) is 17.3. The van der Waals surface area contributed by atoms with E-state index in [4.69, 9.17) is 4.99 Å². The summed E-state index contributed by atoms with van der Waals surface area (Å²) in [7, 11) is 3.55. The lowest BCUT2D eigenvalue weighted by molar-refractivity contribution is 0.0827. The van der Waals surface area contributed by atoms with Gasteiger partial charge in [0, 0.05) is 45.3 Å². The maximum Gasteiger partial charge on any atom is 0.253 e. The first-order valence-electron chi connectivity index (χ1n) is 10.1. The van der Waals surface area contributed by atoms with Gasteiger partial charge in [0.2, 0.25) is 0 Å². The Morgan fingerprint density at radius 3 is 2.63 bits per heavy atom. The summed E-state index contributed by atoms with van der Waals surface area (Å²) < 4.78 is 0. The van der Waals surface area contributed by atoms with Crippen LogP contribution >= 0.6 is 0 Å². The molecule has 0 unspecified atom stereocenters. The molecule has 0 aromatic heterocycles. The topological polar surface area (TPSA) is 60.0 Å². The Balaban J connectivity index is 1.82. The van der Waals surface area contributed by atoms with Crippen LogP contribution in [-0.4, -0.2) is 74.5 Å². The number of amides is 1. The van der Waals surface area contributed by atoms with Gasteiger partial charge in [-0.3, -0.25) is 14.7 Å². The molecule has 1 aliphatic rings. The molecule has 1 aliphatic carbocycles. The third kappa shape index (κ3) is 7.21. The van der Waals surface area contributed by atoms with Crippen molar-refractivity contribution in [2.45, 2.75) is 39.2 Å². The molecule has 6 heteroatoms. The lowest BCUT2D eigenvalue weighted by Crippen LogP contribution is -2.39. The van der Waals surface area contributed by atoms with Crippen molar-refractivity contribution in [2.75, 3.05) is 46.8 Å². The quantitative estimate of drug-likeness (QED) is 0.486. The van der Waals surface area contributed by atoms with E-state index in [1.807, 2.05) is 18.2 Å². The minimum atomic E-state index is 0.0378. The van der Waals surface area contributed by atoms with Gasteiger partial charge in [0.15, 0.2) is 5.96 Å². The van der Waals surface area contributed by atoms with Gasteiger partial charge in [-0.25, -0.2) is 0 Å². The summed E-state index contributed by atoms with van der Waals surface area (Å²) in [6.45, 7) is 8.87. The monoisotopic (exact) mass is 373 g/mol. The van der Waals surface area contributed by atoms with Crippen LogP contribution in [0.25, 0.3) is 0 Å². The molecule has 0 aliphatic heterocycles. The van der Waals surface area contributed by atoms with Gasteiger partial charge in [-0.15, -0.1) is 0 Å². The van der Waals surface area contributed by atoms with Gasteiger partial charge in [-0.05, 0) is 50.4 Å². The summed E-state index contributed by atoms with van der Waals surface area (Å²) >= 11 is 0. The van der Waals surface area contributed by atoms with Crippen molar-refractivity contribution in [3.8, 4) is 0 Å². The summed E-state index contributed by atoms with van der Waals surface area (Å²) in [6, 6.07) is 8.64. The van der Waals surface area contributed by atoms with Gasteiger partial charge < -0.3 is 15.5 Å². The minimum absolute atomic E-state index is 0.0378. The molecule has 0 radical (unpaired) electrons. The molecule has 1 aromatic carbocycles. The number of guanidine groups is 1. The zero-order chi connectivity index (χ0) is 19.6. The Morgan fingerprint density at radius 2 is 2.00 bits per heavy atom. The van der Waals surface area contributed by atoms with E-state index in [2.05, 4.69) is 35.4 Å². The van der Waals surface area contributed by atoms with Crippen LogP contribution in [0.4, 0.5) is 0 Å². The number of aliphatic imine (C=N–C) groups is 1. The van der Waals surface area contributed by atoms with Gasteiger partial charge in [0.25, 0.3) is 5.91 Å². The fourth-order valence-electron chi connectivity index (χ4n) is 3.11. The van der Waals surface area contributed by atoms with E-state index in [1.54, 1.807) is 19.0 Å². The molecule has 1 fully saturated rings. The number of carbonyl (C=O) groups excluding carboxylic acids is 1. The smallest absolute Gasteiger partial charge is 0.253 e. The Morgan fingerprint density at radius 1 is 1.22 bits per heavy atom. The molecule has 6 nitrogen and oxygen atoms in total. The van der Waals surface area contributed by atoms with Crippen LogP contribution in [0.1, 0.15) is 42.6 Å². The van der Waals surface area contributed by atoms with Crippen molar-refractivity contribution in [1.82, 2.24) is 20.4 Å². The van der Waals surface area contributed by atoms with E-state index in [-0.39, 0.29) is 5.91 Å². The standard InChI is InChI=1S/C21H35N5O/c1-5-22-21(24-14-15-26(6-2)19-10-11-19)23-13-12-17-8-7-9-18(16-17)20(27)25(3)4/h7-9,16,19H,5-6,10-15H2,1-4H3,(H2,22,23,24). The molecule has 150 valence electrons. The lowest BCUT2D eigenvalue weighted by Gasteiger charge is -2.19. The zero-order valence-corrected chi connectivity index (χ0v) is 17.3. The largest absolute Gasteiger partial charge is 0.357 e. The first-order chi connectivity index (χ1) is 13.0. The Labute approximate surface area is 164 Å². The first kappa shape index (κ1) is 21.2. The number of carbonyl (C=O) groups is 1. The van der Waals surface area contributed by atoms with Crippen LogP contribution in [0.2, 0.25) is 0 Å². The van der Waals surface area contributed by atoms with Crippen LogP contribution in [0, 0.1) is 0 Å². The second-order valence-electron chi connectivity index (χ2n) is 7.20. The van der Waals surface area contributed by atoms with E-state index in [0.29, 0.717) is 0 Å². The maximum absolute atomic E-state index is 12.1. The molecular weight excluding hydrogens is 338 g/mol. The number of hydrogen-bond donors (Lipinski definition) is 2. The van der Waals surface area contributed by atoms with Gasteiger partial charge >= 0.3 is 0 Å². The molecule has 0 bridgehead atoms. The highest BCUT2D eigenvalue weighted by atomic mass is 16.2. The van der Waals surface area contributed by atoms with Crippen molar-refractivity contribution in [3.63, 3.8) is 0 Å². The van der Waals surface area contributed by atoms with E-state index >= 15 is 0 Å². The predicted molar refractivity (Wildman–Crippen MR) is 112 cm³/mol. The van der Waals surface area contributed by atoms with Gasteiger partial charge in [0.1, 0.15) is 0 Å². The van der Waals surface area contributed by atoms with Crippen LogP contribution in [0.5, 0.6) is 0 Å². The van der Waals surface area contributed by atoms with E-state index in [1.165, 1.54) is 12.8 Å². The second-order valence-corrected chi connectivity index (χ2v) is 7.20. The summed E-state index contributed by atoms with van der Waals surface area (Å²) in [5.41, 5.74) is 1.88. The van der Waals surface area contributed by atoms with Crippen molar-refractivity contribution in [2.24, 2.45) is 4.99 Å². The SMILES string of the molecule is CCNC(=NCCN(CC)C1CC1)NCCc1cccc(C(=O)N(C)C)c1. The Hall–Kier alpha value is -2.08. The highest BCUT2D eigenvalue weighted by Crippen LogP contribution is 2.25.